The SMILES string of the molecule is CC(C)CC(Cn1cncn1)C(F)(F)F. The molecule has 0 spiro atoms. The average molecular weight is 221 g/mol. The van der Waals surface area contributed by atoms with Gasteiger partial charge in [-0.15, -0.1) is 0 Å². The van der Waals surface area contributed by atoms with Gasteiger partial charge in [-0.25, -0.2) is 4.98 Å². The second kappa shape index (κ2) is 4.63. The summed E-state index contributed by atoms with van der Waals surface area (Å²) < 4.78 is 39.1. The lowest BCUT2D eigenvalue weighted by Gasteiger charge is -2.21. The van der Waals surface area contributed by atoms with E-state index in [0.717, 1.165) is 0 Å². The van der Waals surface area contributed by atoms with Crippen LogP contribution in [0.1, 0.15) is 20.3 Å². The van der Waals surface area contributed by atoms with Crippen molar-refractivity contribution in [3.05, 3.63) is 12.7 Å². The minimum atomic E-state index is -4.17. The molecule has 0 N–H and O–H groups in total. The van der Waals surface area contributed by atoms with Crippen LogP contribution in [0.2, 0.25) is 0 Å². The molecule has 1 heterocycles. The second-order valence-electron chi connectivity index (χ2n) is 3.99. The van der Waals surface area contributed by atoms with Crippen LogP contribution in [-0.2, 0) is 6.54 Å². The lowest BCUT2D eigenvalue weighted by molar-refractivity contribution is -0.182. The molecular formula is C9H14F3N3. The average Bonchev–Trinajstić information content (AvgIpc) is 2.53. The third-order valence-corrected chi connectivity index (χ3v) is 2.09. The van der Waals surface area contributed by atoms with E-state index >= 15 is 0 Å². The quantitative estimate of drug-likeness (QED) is 0.782. The molecular weight excluding hydrogens is 207 g/mol. The molecule has 0 saturated heterocycles. The topological polar surface area (TPSA) is 30.7 Å². The lowest BCUT2D eigenvalue weighted by atomic mass is 9.96. The number of halogens is 3. The standard InChI is InChI=1S/C9H14F3N3/c1-7(2)3-8(9(10,11)12)4-15-6-13-5-14-15/h5-8H,3-4H2,1-2H3. The largest absolute Gasteiger partial charge is 0.393 e. The normalized spacial score (nSPS) is 14.5. The highest BCUT2D eigenvalue weighted by molar-refractivity contribution is 4.71. The minimum absolute atomic E-state index is 0.0140. The van der Waals surface area contributed by atoms with Crippen LogP contribution < -0.4 is 0 Å². The van der Waals surface area contributed by atoms with Crippen molar-refractivity contribution in [2.75, 3.05) is 0 Å². The third-order valence-electron chi connectivity index (χ3n) is 2.09. The van der Waals surface area contributed by atoms with Crippen molar-refractivity contribution in [1.29, 1.82) is 0 Å². The summed E-state index contributed by atoms with van der Waals surface area (Å²) in [4.78, 5) is 3.62. The van der Waals surface area contributed by atoms with Crippen molar-refractivity contribution >= 4 is 0 Å². The highest BCUT2D eigenvalue weighted by atomic mass is 19.4. The van der Waals surface area contributed by atoms with E-state index in [4.69, 9.17) is 0 Å². The van der Waals surface area contributed by atoms with Gasteiger partial charge in [-0.2, -0.15) is 18.3 Å². The highest BCUT2D eigenvalue weighted by Gasteiger charge is 2.39. The minimum Gasteiger partial charge on any atom is -0.252 e. The summed E-state index contributed by atoms with van der Waals surface area (Å²) in [5, 5.41) is 3.68. The van der Waals surface area contributed by atoms with Crippen LogP contribution >= 0.6 is 0 Å². The van der Waals surface area contributed by atoms with E-state index in [1.165, 1.54) is 17.3 Å². The number of rotatable bonds is 4. The van der Waals surface area contributed by atoms with E-state index in [9.17, 15) is 13.2 Å². The monoisotopic (exact) mass is 221 g/mol. The molecule has 3 nitrogen and oxygen atoms in total. The molecule has 0 bridgehead atoms. The number of hydrogen-bond donors (Lipinski definition) is 0. The first-order valence-corrected chi connectivity index (χ1v) is 4.78. The fourth-order valence-corrected chi connectivity index (χ4v) is 1.43. The van der Waals surface area contributed by atoms with Crippen LogP contribution in [0.5, 0.6) is 0 Å². The van der Waals surface area contributed by atoms with Gasteiger partial charge in [0.25, 0.3) is 0 Å². The first-order valence-electron chi connectivity index (χ1n) is 4.78. The van der Waals surface area contributed by atoms with Gasteiger partial charge >= 0.3 is 6.18 Å². The molecule has 0 aliphatic heterocycles. The summed E-state index contributed by atoms with van der Waals surface area (Å²) >= 11 is 0. The zero-order valence-electron chi connectivity index (χ0n) is 8.70. The van der Waals surface area contributed by atoms with E-state index in [2.05, 4.69) is 10.1 Å². The molecule has 86 valence electrons. The molecule has 0 fully saturated rings. The Labute approximate surface area is 86.3 Å². The molecule has 0 aliphatic carbocycles. The van der Waals surface area contributed by atoms with Crippen LogP contribution in [0.4, 0.5) is 13.2 Å². The van der Waals surface area contributed by atoms with Gasteiger partial charge in [-0.3, -0.25) is 4.68 Å². The third kappa shape index (κ3) is 3.89. The Morgan fingerprint density at radius 3 is 2.40 bits per heavy atom. The van der Waals surface area contributed by atoms with Gasteiger partial charge in [0.2, 0.25) is 0 Å². The number of alkyl halides is 3. The summed E-state index contributed by atoms with van der Waals surface area (Å²) in [7, 11) is 0. The van der Waals surface area contributed by atoms with Gasteiger partial charge in [0, 0.05) is 0 Å². The Balaban J connectivity index is 2.65. The molecule has 0 radical (unpaired) electrons. The van der Waals surface area contributed by atoms with Crippen LogP contribution in [0.3, 0.4) is 0 Å². The summed E-state index contributed by atoms with van der Waals surface area (Å²) in [5.41, 5.74) is 0. The Hall–Kier alpha value is -1.07. The van der Waals surface area contributed by atoms with Gasteiger partial charge in [-0.05, 0) is 12.3 Å². The molecule has 0 aromatic carbocycles. The van der Waals surface area contributed by atoms with Gasteiger partial charge < -0.3 is 0 Å². The summed E-state index contributed by atoms with van der Waals surface area (Å²) in [5.74, 6) is -1.33. The summed E-state index contributed by atoms with van der Waals surface area (Å²) in [6.07, 6.45) is -1.51. The molecule has 6 heteroatoms. The van der Waals surface area contributed by atoms with Crippen molar-refractivity contribution in [3.8, 4) is 0 Å². The van der Waals surface area contributed by atoms with Crippen molar-refractivity contribution in [3.63, 3.8) is 0 Å². The first-order chi connectivity index (χ1) is 6.89. The number of aromatic nitrogens is 3. The highest BCUT2D eigenvalue weighted by Crippen LogP contribution is 2.32. The van der Waals surface area contributed by atoms with Gasteiger partial charge in [0.1, 0.15) is 12.7 Å². The first kappa shape index (κ1) is 12.0. The summed E-state index contributed by atoms with van der Waals surface area (Å²) in [6, 6.07) is 0. The summed E-state index contributed by atoms with van der Waals surface area (Å²) in [6.45, 7) is 3.40. The van der Waals surface area contributed by atoms with Crippen LogP contribution in [0.25, 0.3) is 0 Å². The van der Waals surface area contributed by atoms with Crippen molar-refractivity contribution in [2.24, 2.45) is 11.8 Å². The van der Waals surface area contributed by atoms with Gasteiger partial charge in [0.05, 0.1) is 12.5 Å². The number of nitrogens with zero attached hydrogens (tertiary/aromatic N) is 3. The molecule has 1 rings (SSSR count). The van der Waals surface area contributed by atoms with Crippen LogP contribution in [-0.4, -0.2) is 20.9 Å². The van der Waals surface area contributed by atoms with Crippen molar-refractivity contribution in [2.45, 2.75) is 33.0 Å². The van der Waals surface area contributed by atoms with Gasteiger partial charge in [0.15, 0.2) is 0 Å². The maximum Gasteiger partial charge on any atom is 0.393 e. The van der Waals surface area contributed by atoms with E-state index in [1.54, 1.807) is 13.8 Å². The van der Waals surface area contributed by atoms with Crippen molar-refractivity contribution in [1.82, 2.24) is 14.8 Å². The lowest BCUT2D eigenvalue weighted by Crippen LogP contribution is -2.29. The zero-order valence-corrected chi connectivity index (χ0v) is 8.70. The molecule has 0 saturated carbocycles. The predicted molar refractivity (Wildman–Crippen MR) is 49.0 cm³/mol. The van der Waals surface area contributed by atoms with E-state index in [-0.39, 0.29) is 18.9 Å². The molecule has 0 amide bonds. The zero-order chi connectivity index (χ0) is 11.5. The fraction of sp³-hybridized carbons (Fsp3) is 0.778. The Bertz CT molecular complexity index is 279. The fourth-order valence-electron chi connectivity index (χ4n) is 1.43. The smallest absolute Gasteiger partial charge is 0.252 e. The Morgan fingerprint density at radius 2 is 2.00 bits per heavy atom. The van der Waals surface area contributed by atoms with E-state index in [0.29, 0.717) is 0 Å². The van der Waals surface area contributed by atoms with Crippen molar-refractivity contribution < 1.29 is 13.2 Å². The molecule has 1 unspecified atom stereocenters. The molecule has 1 atom stereocenters. The van der Waals surface area contributed by atoms with Crippen LogP contribution in [0.15, 0.2) is 12.7 Å². The predicted octanol–water partition coefficient (Wildman–Crippen LogP) is 2.50. The molecule has 0 aliphatic rings. The maximum atomic E-state index is 12.6. The Morgan fingerprint density at radius 1 is 1.33 bits per heavy atom. The molecule has 1 aromatic heterocycles. The molecule has 1 aromatic rings. The second-order valence-corrected chi connectivity index (χ2v) is 3.99. The van der Waals surface area contributed by atoms with E-state index in [1.807, 2.05) is 0 Å². The Kier molecular flexibility index (Phi) is 3.71. The van der Waals surface area contributed by atoms with Crippen LogP contribution in [0, 0.1) is 11.8 Å². The van der Waals surface area contributed by atoms with E-state index < -0.39 is 12.1 Å². The maximum absolute atomic E-state index is 12.6. The van der Waals surface area contributed by atoms with Gasteiger partial charge in [-0.1, -0.05) is 13.8 Å². The molecule has 15 heavy (non-hydrogen) atoms. The number of hydrogen-bond acceptors (Lipinski definition) is 2.